The van der Waals surface area contributed by atoms with Gasteiger partial charge in [0.1, 0.15) is 23.9 Å². The monoisotopic (exact) mass is 492 g/mol. The summed E-state index contributed by atoms with van der Waals surface area (Å²) in [5.41, 5.74) is 1.89. The Balaban J connectivity index is 1.49. The zero-order chi connectivity index (χ0) is 26.3. The first kappa shape index (κ1) is 27.9. The van der Waals surface area contributed by atoms with Gasteiger partial charge >= 0.3 is 0 Å². The number of fused-ring (bicyclic) bond motifs is 1. The van der Waals surface area contributed by atoms with Crippen molar-refractivity contribution in [1.29, 1.82) is 0 Å². The van der Waals surface area contributed by atoms with Gasteiger partial charge < -0.3 is 18.9 Å². The molecule has 0 aromatic heterocycles. The van der Waals surface area contributed by atoms with Crippen molar-refractivity contribution in [2.45, 2.75) is 73.5 Å². The van der Waals surface area contributed by atoms with Crippen LogP contribution in [0.2, 0.25) is 0 Å². The molecule has 36 heavy (non-hydrogen) atoms. The summed E-state index contributed by atoms with van der Waals surface area (Å²) in [5.74, 6) is 2.99. The Hall–Kier alpha value is -2.72. The van der Waals surface area contributed by atoms with Crippen LogP contribution in [0, 0.1) is 10.8 Å². The van der Waals surface area contributed by atoms with Gasteiger partial charge in [0.2, 0.25) is 0 Å². The van der Waals surface area contributed by atoms with Gasteiger partial charge in [0.25, 0.3) is 0 Å². The van der Waals surface area contributed by atoms with E-state index >= 15 is 0 Å². The standard InChI is InChI=1S/C32H44O4/c1-9-32(6,7)30(22-31(3,4)5)24-10-14-27(15-11-24)36-23(2)34-18-19-35-29-17-13-25-20-28(33-8)16-12-26(25)21-29/h10-17,20-21,23,30H,9,18-19,22H2,1-8H3. The number of hydrogen-bond donors (Lipinski definition) is 0. The summed E-state index contributed by atoms with van der Waals surface area (Å²) in [4.78, 5) is 0. The molecule has 0 radical (unpaired) electrons. The summed E-state index contributed by atoms with van der Waals surface area (Å²) in [5, 5.41) is 2.23. The van der Waals surface area contributed by atoms with Gasteiger partial charge in [-0.15, -0.1) is 0 Å². The normalized spacial score (nSPS) is 13.9. The Morgan fingerprint density at radius 3 is 1.92 bits per heavy atom. The minimum atomic E-state index is -0.360. The van der Waals surface area contributed by atoms with E-state index in [9.17, 15) is 0 Å². The number of methoxy groups -OCH3 is 1. The third kappa shape index (κ3) is 7.89. The first-order valence-corrected chi connectivity index (χ1v) is 13.1. The summed E-state index contributed by atoms with van der Waals surface area (Å²) in [6.45, 7) is 16.8. The highest BCUT2D eigenvalue weighted by molar-refractivity contribution is 5.85. The van der Waals surface area contributed by atoms with Crippen LogP contribution in [-0.2, 0) is 4.74 Å². The molecule has 2 unspecified atom stereocenters. The number of benzene rings is 3. The van der Waals surface area contributed by atoms with E-state index in [1.165, 1.54) is 5.56 Å². The third-order valence-corrected chi connectivity index (χ3v) is 6.98. The lowest BCUT2D eigenvalue weighted by Gasteiger charge is -2.38. The average Bonchev–Trinajstić information content (AvgIpc) is 2.84. The van der Waals surface area contributed by atoms with E-state index in [-0.39, 0.29) is 17.1 Å². The van der Waals surface area contributed by atoms with Crippen molar-refractivity contribution in [3.8, 4) is 17.2 Å². The molecule has 3 rings (SSSR count). The number of ether oxygens (including phenoxy) is 4. The van der Waals surface area contributed by atoms with Crippen LogP contribution in [0.15, 0.2) is 60.7 Å². The maximum absolute atomic E-state index is 6.00. The van der Waals surface area contributed by atoms with Gasteiger partial charge in [-0.3, -0.25) is 0 Å². The molecule has 3 aromatic rings. The number of rotatable bonds is 12. The lowest BCUT2D eigenvalue weighted by molar-refractivity contribution is -0.0739. The maximum Gasteiger partial charge on any atom is 0.197 e. The van der Waals surface area contributed by atoms with E-state index in [1.54, 1.807) is 7.11 Å². The first-order chi connectivity index (χ1) is 17.0. The van der Waals surface area contributed by atoms with Crippen LogP contribution in [0.3, 0.4) is 0 Å². The van der Waals surface area contributed by atoms with E-state index in [1.807, 2.05) is 43.3 Å². The minimum absolute atomic E-state index is 0.240. The van der Waals surface area contributed by atoms with Crippen molar-refractivity contribution in [2.75, 3.05) is 20.3 Å². The SMILES string of the molecule is CCC(C)(C)C(CC(C)(C)C)c1ccc(OC(C)OCCOc2ccc3cc(OC)ccc3c2)cc1. The smallest absolute Gasteiger partial charge is 0.197 e. The highest BCUT2D eigenvalue weighted by Crippen LogP contribution is 2.45. The predicted octanol–water partition coefficient (Wildman–Crippen LogP) is 8.62. The topological polar surface area (TPSA) is 36.9 Å². The second-order valence-electron chi connectivity index (χ2n) is 11.5. The third-order valence-electron chi connectivity index (χ3n) is 6.98. The van der Waals surface area contributed by atoms with Crippen molar-refractivity contribution in [3.63, 3.8) is 0 Å². The van der Waals surface area contributed by atoms with Gasteiger partial charge in [-0.2, -0.15) is 0 Å². The molecule has 0 saturated carbocycles. The van der Waals surface area contributed by atoms with E-state index in [4.69, 9.17) is 18.9 Å². The quantitative estimate of drug-likeness (QED) is 0.187. The molecule has 0 heterocycles. The Labute approximate surface area is 217 Å². The van der Waals surface area contributed by atoms with Gasteiger partial charge in [-0.05, 0) is 82.8 Å². The molecule has 0 fully saturated rings. The molecule has 0 saturated heterocycles. The van der Waals surface area contributed by atoms with Crippen molar-refractivity contribution in [1.82, 2.24) is 0 Å². The first-order valence-electron chi connectivity index (χ1n) is 13.1. The maximum atomic E-state index is 6.00. The molecule has 4 nitrogen and oxygen atoms in total. The molecule has 3 aromatic carbocycles. The van der Waals surface area contributed by atoms with E-state index in [2.05, 4.69) is 65.8 Å². The zero-order valence-corrected chi connectivity index (χ0v) is 23.4. The predicted molar refractivity (Wildman–Crippen MR) is 149 cm³/mol. The van der Waals surface area contributed by atoms with Crippen LogP contribution in [0.1, 0.15) is 72.8 Å². The molecule has 196 valence electrons. The summed E-state index contributed by atoms with van der Waals surface area (Å²) in [7, 11) is 1.68. The molecule has 0 N–H and O–H groups in total. The van der Waals surface area contributed by atoms with Crippen LogP contribution in [0.25, 0.3) is 10.8 Å². The highest BCUT2D eigenvalue weighted by atomic mass is 16.7. The Morgan fingerprint density at radius 2 is 1.33 bits per heavy atom. The van der Waals surface area contributed by atoms with Gasteiger partial charge in [0.05, 0.1) is 13.7 Å². The zero-order valence-electron chi connectivity index (χ0n) is 23.4. The molecule has 0 spiro atoms. The van der Waals surface area contributed by atoms with Gasteiger partial charge in [0, 0.05) is 0 Å². The highest BCUT2D eigenvalue weighted by Gasteiger charge is 2.32. The summed E-state index contributed by atoms with van der Waals surface area (Å²) in [6, 6.07) is 20.6. The molecular weight excluding hydrogens is 448 g/mol. The fraction of sp³-hybridized carbons (Fsp3) is 0.500. The average molecular weight is 493 g/mol. The van der Waals surface area contributed by atoms with Crippen LogP contribution in [0.4, 0.5) is 0 Å². The van der Waals surface area contributed by atoms with E-state index < -0.39 is 0 Å². The molecule has 0 bridgehead atoms. The van der Waals surface area contributed by atoms with Crippen LogP contribution in [0.5, 0.6) is 17.2 Å². The molecular formula is C32H44O4. The molecule has 0 aliphatic rings. The van der Waals surface area contributed by atoms with Crippen LogP contribution >= 0.6 is 0 Å². The lowest BCUT2D eigenvalue weighted by atomic mass is 9.67. The van der Waals surface area contributed by atoms with E-state index in [0.29, 0.717) is 19.1 Å². The van der Waals surface area contributed by atoms with Crippen LogP contribution < -0.4 is 14.2 Å². The van der Waals surface area contributed by atoms with Crippen molar-refractivity contribution >= 4 is 10.8 Å². The number of hydrogen-bond acceptors (Lipinski definition) is 4. The second-order valence-corrected chi connectivity index (χ2v) is 11.5. The Kier molecular flexibility index (Phi) is 9.30. The van der Waals surface area contributed by atoms with Crippen LogP contribution in [-0.4, -0.2) is 26.6 Å². The molecule has 0 aliphatic heterocycles. The fourth-order valence-electron chi connectivity index (χ4n) is 4.50. The Morgan fingerprint density at radius 1 is 0.750 bits per heavy atom. The summed E-state index contributed by atoms with van der Waals surface area (Å²) < 4.78 is 23.0. The van der Waals surface area contributed by atoms with Gasteiger partial charge in [0.15, 0.2) is 6.29 Å². The Bertz CT molecular complexity index is 1100. The summed E-state index contributed by atoms with van der Waals surface area (Å²) >= 11 is 0. The van der Waals surface area contributed by atoms with Crippen molar-refractivity contribution < 1.29 is 18.9 Å². The molecule has 0 aliphatic carbocycles. The molecule has 4 heteroatoms. The second kappa shape index (κ2) is 12.0. The van der Waals surface area contributed by atoms with Crippen molar-refractivity contribution in [2.24, 2.45) is 10.8 Å². The largest absolute Gasteiger partial charge is 0.497 e. The molecule has 2 atom stereocenters. The molecule has 0 amide bonds. The van der Waals surface area contributed by atoms with Crippen molar-refractivity contribution in [3.05, 3.63) is 66.2 Å². The minimum Gasteiger partial charge on any atom is -0.497 e. The van der Waals surface area contributed by atoms with Gasteiger partial charge in [-0.1, -0.05) is 72.2 Å². The fourth-order valence-corrected chi connectivity index (χ4v) is 4.50. The summed E-state index contributed by atoms with van der Waals surface area (Å²) in [6.07, 6.45) is 1.94. The van der Waals surface area contributed by atoms with Gasteiger partial charge in [-0.25, -0.2) is 0 Å². The lowest BCUT2D eigenvalue weighted by Crippen LogP contribution is -2.26. The van der Waals surface area contributed by atoms with E-state index in [0.717, 1.165) is 40.9 Å².